The van der Waals surface area contributed by atoms with E-state index in [0.29, 0.717) is 13.0 Å². The van der Waals surface area contributed by atoms with Crippen LogP contribution in [0.3, 0.4) is 0 Å². The Balaban J connectivity index is 0.00000162. The number of aliphatic hydroxyl groups excluding tert-OH is 1. The molecule has 1 heterocycles. The average Bonchev–Trinajstić information content (AvgIpc) is 3.16. The zero-order valence-corrected chi connectivity index (χ0v) is 11.7. The Morgan fingerprint density at radius 3 is 2.56 bits per heavy atom. The molecule has 4 nitrogen and oxygen atoms in total. The van der Waals surface area contributed by atoms with Crippen molar-refractivity contribution in [1.82, 2.24) is 10.6 Å². The number of carbonyl (C=O) groups is 1. The maximum atomic E-state index is 11.7. The van der Waals surface area contributed by atoms with Gasteiger partial charge in [0, 0.05) is 18.4 Å². The third kappa shape index (κ3) is 4.75. The maximum absolute atomic E-state index is 11.7. The number of rotatable bonds is 6. The molecular weight excluding hydrogens is 252 g/mol. The van der Waals surface area contributed by atoms with Crippen LogP contribution in [0.1, 0.15) is 38.5 Å². The number of nitrogens with one attached hydrogen (secondary N) is 2. The summed E-state index contributed by atoms with van der Waals surface area (Å²) in [6.07, 6.45) is 6.17. The van der Waals surface area contributed by atoms with Crippen LogP contribution in [0.5, 0.6) is 0 Å². The SMILES string of the molecule is Cl.O=C(CCC1CCNCC1)NCC1(CO)CC1. The van der Waals surface area contributed by atoms with Crippen LogP contribution in [0, 0.1) is 11.3 Å². The van der Waals surface area contributed by atoms with Gasteiger partial charge in [-0.05, 0) is 51.1 Å². The minimum atomic E-state index is 0. The lowest BCUT2D eigenvalue weighted by molar-refractivity contribution is -0.121. The van der Waals surface area contributed by atoms with E-state index in [0.717, 1.165) is 38.3 Å². The lowest BCUT2D eigenvalue weighted by Crippen LogP contribution is -2.33. The van der Waals surface area contributed by atoms with Crippen LogP contribution in [0.25, 0.3) is 0 Å². The first-order chi connectivity index (χ1) is 8.24. The Morgan fingerprint density at radius 1 is 1.33 bits per heavy atom. The molecule has 0 radical (unpaired) electrons. The number of halogens is 1. The van der Waals surface area contributed by atoms with Crippen LogP contribution in [0.4, 0.5) is 0 Å². The summed E-state index contributed by atoms with van der Waals surface area (Å²) < 4.78 is 0. The fourth-order valence-corrected chi connectivity index (χ4v) is 2.45. The molecule has 0 atom stereocenters. The first kappa shape index (κ1) is 15.7. The van der Waals surface area contributed by atoms with Crippen molar-refractivity contribution in [3.8, 4) is 0 Å². The molecular formula is C13H25ClN2O2. The molecule has 0 aromatic heterocycles. The Kier molecular flexibility index (Phi) is 6.39. The standard InChI is InChI=1S/C13H24N2O2.ClH/c16-10-13(5-6-13)9-15-12(17)2-1-11-3-7-14-8-4-11;/h11,14,16H,1-10H2,(H,15,17);1H. The van der Waals surface area contributed by atoms with Gasteiger partial charge in [-0.2, -0.15) is 0 Å². The molecule has 18 heavy (non-hydrogen) atoms. The van der Waals surface area contributed by atoms with Crippen molar-refractivity contribution in [2.75, 3.05) is 26.2 Å². The molecule has 1 saturated carbocycles. The normalized spacial score (nSPS) is 22.1. The van der Waals surface area contributed by atoms with Crippen LogP contribution >= 0.6 is 12.4 Å². The Bertz CT molecular complexity index is 264. The van der Waals surface area contributed by atoms with Crippen molar-refractivity contribution in [2.24, 2.45) is 11.3 Å². The quantitative estimate of drug-likeness (QED) is 0.680. The highest BCUT2D eigenvalue weighted by Gasteiger charge is 2.41. The van der Waals surface area contributed by atoms with Crippen molar-refractivity contribution in [1.29, 1.82) is 0 Å². The number of hydrogen-bond acceptors (Lipinski definition) is 3. The second-order valence-corrected chi connectivity index (χ2v) is 5.67. The lowest BCUT2D eigenvalue weighted by atomic mass is 9.93. The molecule has 1 aliphatic heterocycles. The number of aliphatic hydroxyl groups is 1. The lowest BCUT2D eigenvalue weighted by Gasteiger charge is -2.22. The summed E-state index contributed by atoms with van der Waals surface area (Å²) in [5.74, 6) is 0.873. The van der Waals surface area contributed by atoms with Gasteiger partial charge in [0.05, 0.1) is 6.61 Å². The molecule has 0 unspecified atom stereocenters. The number of hydrogen-bond donors (Lipinski definition) is 3. The van der Waals surface area contributed by atoms with Crippen molar-refractivity contribution < 1.29 is 9.90 Å². The largest absolute Gasteiger partial charge is 0.396 e. The Labute approximate surface area is 115 Å². The predicted octanol–water partition coefficient (Wildman–Crippen LogP) is 1.08. The van der Waals surface area contributed by atoms with E-state index in [2.05, 4.69) is 10.6 Å². The second kappa shape index (κ2) is 7.31. The highest BCUT2D eigenvalue weighted by Crippen LogP contribution is 2.44. The fraction of sp³-hybridized carbons (Fsp3) is 0.923. The first-order valence-electron chi connectivity index (χ1n) is 6.82. The van der Waals surface area contributed by atoms with E-state index in [1.807, 2.05) is 0 Å². The number of amides is 1. The molecule has 0 spiro atoms. The van der Waals surface area contributed by atoms with E-state index >= 15 is 0 Å². The highest BCUT2D eigenvalue weighted by atomic mass is 35.5. The maximum Gasteiger partial charge on any atom is 0.220 e. The Hall–Kier alpha value is -0.320. The molecule has 5 heteroatoms. The highest BCUT2D eigenvalue weighted by molar-refractivity contribution is 5.85. The molecule has 0 aromatic rings. The number of piperidine rings is 1. The molecule has 1 aliphatic carbocycles. The van der Waals surface area contributed by atoms with Gasteiger partial charge in [0.25, 0.3) is 0 Å². The summed E-state index contributed by atoms with van der Waals surface area (Å²) in [5.41, 5.74) is 0.0322. The van der Waals surface area contributed by atoms with Gasteiger partial charge in [-0.15, -0.1) is 12.4 Å². The molecule has 1 saturated heterocycles. The summed E-state index contributed by atoms with van der Waals surface area (Å²) in [6, 6.07) is 0. The van der Waals surface area contributed by atoms with Gasteiger partial charge >= 0.3 is 0 Å². The second-order valence-electron chi connectivity index (χ2n) is 5.67. The summed E-state index contributed by atoms with van der Waals surface area (Å²) in [6.45, 7) is 3.07. The van der Waals surface area contributed by atoms with Crippen molar-refractivity contribution >= 4 is 18.3 Å². The minimum absolute atomic E-state index is 0. The minimum Gasteiger partial charge on any atom is -0.396 e. The van der Waals surface area contributed by atoms with Crippen molar-refractivity contribution in [3.05, 3.63) is 0 Å². The zero-order chi connectivity index (χ0) is 12.1. The van der Waals surface area contributed by atoms with Crippen LogP contribution in [-0.2, 0) is 4.79 Å². The third-order valence-corrected chi connectivity index (χ3v) is 4.19. The van der Waals surface area contributed by atoms with E-state index in [1.165, 1.54) is 12.8 Å². The van der Waals surface area contributed by atoms with Gasteiger partial charge in [-0.25, -0.2) is 0 Å². The molecule has 2 aliphatic rings. The van der Waals surface area contributed by atoms with Crippen LogP contribution in [-0.4, -0.2) is 37.3 Å². The van der Waals surface area contributed by atoms with Gasteiger partial charge in [-0.1, -0.05) is 0 Å². The van der Waals surface area contributed by atoms with Gasteiger partial charge in [0.2, 0.25) is 5.91 Å². The molecule has 106 valence electrons. The first-order valence-corrected chi connectivity index (χ1v) is 6.82. The average molecular weight is 277 g/mol. The fourth-order valence-electron chi connectivity index (χ4n) is 2.45. The van der Waals surface area contributed by atoms with E-state index in [-0.39, 0.29) is 30.3 Å². The van der Waals surface area contributed by atoms with Crippen molar-refractivity contribution in [3.63, 3.8) is 0 Å². The van der Waals surface area contributed by atoms with Crippen LogP contribution < -0.4 is 10.6 Å². The molecule has 1 amide bonds. The molecule has 3 N–H and O–H groups in total. The number of carbonyl (C=O) groups excluding carboxylic acids is 1. The molecule has 2 fully saturated rings. The van der Waals surface area contributed by atoms with E-state index in [9.17, 15) is 4.79 Å². The van der Waals surface area contributed by atoms with Crippen LogP contribution in [0.15, 0.2) is 0 Å². The van der Waals surface area contributed by atoms with E-state index < -0.39 is 0 Å². The van der Waals surface area contributed by atoms with E-state index in [1.54, 1.807) is 0 Å². The summed E-state index contributed by atoms with van der Waals surface area (Å²) in [5, 5.41) is 15.4. The molecule has 0 bridgehead atoms. The predicted molar refractivity (Wildman–Crippen MR) is 73.8 cm³/mol. The monoisotopic (exact) mass is 276 g/mol. The molecule has 2 rings (SSSR count). The summed E-state index contributed by atoms with van der Waals surface area (Å²) in [7, 11) is 0. The van der Waals surface area contributed by atoms with Gasteiger partial charge in [0.1, 0.15) is 0 Å². The topological polar surface area (TPSA) is 61.4 Å². The van der Waals surface area contributed by atoms with Gasteiger partial charge in [-0.3, -0.25) is 4.79 Å². The molecule has 0 aromatic carbocycles. The zero-order valence-electron chi connectivity index (χ0n) is 10.9. The summed E-state index contributed by atoms with van der Waals surface area (Å²) >= 11 is 0. The summed E-state index contributed by atoms with van der Waals surface area (Å²) in [4.78, 5) is 11.7. The van der Waals surface area contributed by atoms with Gasteiger partial charge < -0.3 is 15.7 Å². The smallest absolute Gasteiger partial charge is 0.220 e. The Morgan fingerprint density at radius 2 is 2.00 bits per heavy atom. The third-order valence-electron chi connectivity index (χ3n) is 4.19. The van der Waals surface area contributed by atoms with Crippen LogP contribution in [0.2, 0.25) is 0 Å². The van der Waals surface area contributed by atoms with Crippen molar-refractivity contribution in [2.45, 2.75) is 38.5 Å². The van der Waals surface area contributed by atoms with E-state index in [4.69, 9.17) is 5.11 Å². The van der Waals surface area contributed by atoms with Gasteiger partial charge in [0.15, 0.2) is 0 Å².